The molecule has 0 bridgehead atoms. The van der Waals surface area contributed by atoms with E-state index in [-0.39, 0.29) is 19.1 Å². The maximum Gasteiger partial charge on any atom is 0.344 e. The molecule has 0 saturated carbocycles. The smallest absolute Gasteiger partial charge is 0.344 e. The van der Waals surface area contributed by atoms with Gasteiger partial charge in [-0.1, -0.05) is 13.8 Å². The van der Waals surface area contributed by atoms with Crippen molar-refractivity contribution in [3.63, 3.8) is 0 Å². The van der Waals surface area contributed by atoms with Crippen molar-refractivity contribution < 1.29 is 23.5 Å². The molecule has 27 heavy (non-hydrogen) atoms. The molecule has 0 N–H and O–H groups in total. The highest BCUT2D eigenvalue weighted by Gasteiger charge is 2.25. The van der Waals surface area contributed by atoms with E-state index in [0.29, 0.717) is 36.3 Å². The molecule has 1 aromatic carbocycles. The number of benzene rings is 1. The number of hydrogen-bond acceptors (Lipinski definition) is 6. The highest BCUT2D eigenvalue weighted by molar-refractivity contribution is 5.81. The number of likely N-dealkylation sites (tertiary alicyclic amines) is 1. The van der Waals surface area contributed by atoms with Gasteiger partial charge in [-0.15, -0.1) is 0 Å². The lowest BCUT2D eigenvalue weighted by Crippen LogP contribution is -2.44. The van der Waals surface area contributed by atoms with Crippen LogP contribution >= 0.6 is 0 Å². The first-order valence-corrected chi connectivity index (χ1v) is 9.01. The Bertz CT molecular complexity index is 879. The minimum Gasteiger partial charge on any atom is -0.482 e. The molecule has 0 radical (unpaired) electrons. The Morgan fingerprint density at radius 1 is 1.11 bits per heavy atom. The minimum atomic E-state index is -0.629. The van der Waals surface area contributed by atoms with Crippen LogP contribution in [-0.4, -0.2) is 43.1 Å². The first-order valence-electron chi connectivity index (χ1n) is 9.01. The molecule has 2 heterocycles. The maximum atomic E-state index is 12.2. The summed E-state index contributed by atoms with van der Waals surface area (Å²) in [7, 11) is 0. The molecule has 0 spiro atoms. The Hall–Kier alpha value is -2.83. The summed E-state index contributed by atoms with van der Waals surface area (Å²) < 4.78 is 15.5. The highest BCUT2D eigenvalue weighted by atomic mass is 16.6. The monoisotopic (exact) mass is 373 g/mol. The first-order chi connectivity index (χ1) is 12.9. The summed E-state index contributed by atoms with van der Waals surface area (Å²) in [4.78, 5) is 37.1. The van der Waals surface area contributed by atoms with Crippen molar-refractivity contribution in [2.75, 3.05) is 26.3 Å². The molecule has 144 valence electrons. The molecule has 1 aliphatic rings. The Morgan fingerprint density at radius 3 is 2.56 bits per heavy atom. The van der Waals surface area contributed by atoms with Crippen molar-refractivity contribution in [1.82, 2.24) is 4.90 Å². The van der Waals surface area contributed by atoms with Crippen LogP contribution < -0.4 is 10.4 Å². The van der Waals surface area contributed by atoms with Crippen LogP contribution in [0.3, 0.4) is 0 Å². The van der Waals surface area contributed by atoms with Gasteiger partial charge in [-0.25, -0.2) is 9.59 Å². The lowest BCUT2D eigenvalue weighted by molar-refractivity contribution is -0.154. The van der Waals surface area contributed by atoms with Gasteiger partial charge in [0.2, 0.25) is 0 Å². The Balaban J connectivity index is 1.48. The molecule has 2 atom stereocenters. The van der Waals surface area contributed by atoms with Crippen LogP contribution in [0.5, 0.6) is 5.75 Å². The van der Waals surface area contributed by atoms with Gasteiger partial charge in [0.1, 0.15) is 11.3 Å². The quantitative estimate of drug-likeness (QED) is 0.590. The zero-order valence-corrected chi connectivity index (χ0v) is 15.5. The Morgan fingerprint density at radius 2 is 1.81 bits per heavy atom. The number of carbonyl (C=O) groups is 2. The SMILES string of the molecule is CC1CC(C)CN(C(=O)COC(=O)COc2ccc3ccc(=O)oc3c2)C1. The zero-order valence-electron chi connectivity index (χ0n) is 15.5. The number of fused-ring (bicyclic) bond motifs is 1. The fourth-order valence-corrected chi connectivity index (χ4v) is 3.41. The van der Waals surface area contributed by atoms with Crippen LogP contribution in [0.25, 0.3) is 11.0 Å². The lowest BCUT2D eigenvalue weighted by atomic mass is 9.92. The van der Waals surface area contributed by atoms with E-state index in [2.05, 4.69) is 13.8 Å². The van der Waals surface area contributed by atoms with Crippen LogP contribution in [-0.2, 0) is 14.3 Å². The summed E-state index contributed by atoms with van der Waals surface area (Å²) in [6, 6.07) is 7.90. The summed E-state index contributed by atoms with van der Waals surface area (Å²) in [5.41, 5.74) is -0.0872. The number of ether oxygens (including phenoxy) is 2. The van der Waals surface area contributed by atoms with Gasteiger partial charge in [0.15, 0.2) is 13.2 Å². The van der Waals surface area contributed by atoms with Crippen molar-refractivity contribution in [3.8, 4) is 5.75 Å². The van der Waals surface area contributed by atoms with Crippen LogP contribution in [0, 0.1) is 11.8 Å². The first kappa shape index (κ1) is 18.9. The van der Waals surface area contributed by atoms with E-state index in [1.807, 2.05) is 0 Å². The number of carbonyl (C=O) groups excluding carboxylic acids is 2. The van der Waals surface area contributed by atoms with Gasteiger partial charge in [0, 0.05) is 30.6 Å². The van der Waals surface area contributed by atoms with Gasteiger partial charge >= 0.3 is 11.6 Å². The molecule has 0 aliphatic carbocycles. The molecule has 1 fully saturated rings. The largest absolute Gasteiger partial charge is 0.482 e. The fraction of sp³-hybridized carbons (Fsp3) is 0.450. The van der Waals surface area contributed by atoms with Gasteiger partial charge in [-0.3, -0.25) is 4.79 Å². The standard InChI is InChI=1S/C20H23NO6/c1-13-7-14(2)10-21(9-13)18(22)11-26-20(24)12-25-16-5-3-15-4-6-19(23)27-17(15)8-16/h3-6,8,13-14H,7,9-12H2,1-2H3. The van der Waals surface area contributed by atoms with Crippen LogP contribution in [0.4, 0.5) is 0 Å². The average Bonchev–Trinajstić information content (AvgIpc) is 2.63. The molecule has 3 rings (SSSR count). The minimum absolute atomic E-state index is 0.186. The van der Waals surface area contributed by atoms with Crippen molar-refractivity contribution in [2.24, 2.45) is 11.8 Å². The zero-order chi connectivity index (χ0) is 19.4. The average molecular weight is 373 g/mol. The molecule has 7 nitrogen and oxygen atoms in total. The second-order valence-corrected chi connectivity index (χ2v) is 7.15. The number of rotatable bonds is 5. The van der Waals surface area contributed by atoms with Crippen LogP contribution in [0.15, 0.2) is 39.5 Å². The lowest BCUT2D eigenvalue weighted by Gasteiger charge is -2.34. The third-order valence-corrected chi connectivity index (χ3v) is 4.53. The van der Waals surface area contributed by atoms with Crippen molar-refractivity contribution >= 4 is 22.8 Å². The second kappa shape index (κ2) is 8.24. The van der Waals surface area contributed by atoms with E-state index >= 15 is 0 Å². The highest BCUT2D eigenvalue weighted by Crippen LogP contribution is 2.21. The Kier molecular flexibility index (Phi) is 5.78. The predicted octanol–water partition coefficient (Wildman–Crippen LogP) is 2.22. The molecular formula is C20H23NO6. The number of esters is 1. The number of hydrogen-bond donors (Lipinski definition) is 0. The van der Waals surface area contributed by atoms with E-state index in [1.54, 1.807) is 23.1 Å². The van der Waals surface area contributed by atoms with Crippen molar-refractivity contribution in [2.45, 2.75) is 20.3 Å². The molecule has 1 saturated heterocycles. The summed E-state index contributed by atoms with van der Waals surface area (Å²) in [6.45, 7) is 5.00. The summed E-state index contributed by atoms with van der Waals surface area (Å²) in [5, 5.41) is 0.750. The number of nitrogens with zero attached hydrogens (tertiary/aromatic N) is 1. The fourth-order valence-electron chi connectivity index (χ4n) is 3.41. The van der Waals surface area contributed by atoms with E-state index in [0.717, 1.165) is 11.8 Å². The van der Waals surface area contributed by atoms with E-state index in [9.17, 15) is 14.4 Å². The molecule has 1 aromatic heterocycles. The van der Waals surface area contributed by atoms with Gasteiger partial charge in [0.05, 0.1) is 0 Å². The van der Waals surface area contributed by atoms with Gasteiger partial charge < -0.3 is 18.8 Å². The molecule has 7 heteroatoms. The summed E-state index contributed by atoms with van der Waals surface area (Å²) in [5.74, 6) is 0.457. The van der Waals surface area contributed by atoms with E-state index in [1.165, 1.54) is 12.1 Å². The number of piperidine rings is 1. The molecule has 2 aromatic rings. The topological polar surface area (TPSA) is 86.0 Å². The predicted molar refractivity (Wildman–Crippen MR) is 98.5 cm³/mol. The molecule has 1 amide bonds. The van der Waals surface area contributed by atoms with Gasteiger partial charge in [-0.2, -0.15) is 0 Å². The molecule has 1 aliphatic heterocycles. The Labute approximate surface area is 156 Å². The molecular weight excluding hydrogens is 350 g/mol. The van der Waals surface area contributed by atoms with Gasteiger partial charge in [0.25, 0.3) is 5.91 Å². The maximum absolute atomic E-state index is 12.2. The summed E-state index contributed by atoms with van der Waals surface area (Å²) in [6.07, 6.45) is 1.10. The van der Waals surface area contributed by atoms with E-state index in [4.69, 9.17) is 13.9 Å². The second-order valence-electron chi connectivity index (χ2n) is 7.15. The van der Waals surface area contributed by atoms with Crippen LogP contribution in [0.1, 0.15) is 20.3 Å². The van der Waals surface area contributed by atoms with Crippen molar-refractivity contribution in [1.29, 1.82) is 0 Å². The number of amides is 1. The van der Waals surface area contributed by atoms with Gasteiger partial charge in [-0.05, 0) is 36.5 Å². The third-order valence-electron chi connectivity index (χ3n) is 4.53. The summed E-state index contributed by atoms with van der Waals surface area (Å²) >= 11 is 0. The third kappa shape index (κ3) is 5.09. The van der Waals surface area contributed by atoms with Crippen molar-refractivity contribution in [3.05, 3.63) is 40.8 Å². The van der Waals surface area contributed by atoms with E-state index < -0.39 is 11.6 Å². The normalized spacial score (nSPS) is 19.7. The molecule has 2 unspecified atom stereocenters. The van der Waals surface area contributed by atoms with Crippen LogP contribution in [0.2, 0.25) is 0 Å².